The molecule has 0 aliphatic carbocycles. The molecule has 1 unspecified atom stereocenters. The summed E-state index contributed by atoms with van der Waals surface area (Å²) in [4.78, 5) is 22.3. The van der Waals surface area contributed by atoms with Crippen molar-refractivity contribution in [1.82, 2.24) is 0 Å². The van der Waals surface area contributed by atoms with Crippen LogP contribution in [0.15, 0.2) is 18.2 Å². The number of carbonyl (C=O) groups is 2. The van der Waals surface area contributed by atoms with Gasteiger partial charge in [0.05, 0.1) is 6.61 Å². The summed E-state index contributed by atoms with van der Waals surface area (Å²) in [6.45, 7) is 2.08. The highest BCUT2D eigenvalue weighted by Gasteiger charge is 2.21. The van der Waals surface area contributed by atoms with Gasteiger partial charge in [0.15, 0.2) is 0 Å². The van der Waals surface area contributed by atoms with Crippen molar-refractivity contribution in [3.63, 3.8) is 0 Å². The first kappa shape index (κ1) is 12.4. The third-order valence-corrected chi connectivity index (χ3v) is 2.94. The van der Waals surface area contributed by atoms with E-state index in [4.69, 9.17) is 9.84 Å². The monoisotopic (exact) mass is 249 g/mol. The van der Waals surface area contributed by atoms with E-state index in [1.54, 1.807) is 12.1 Å². The van der Waals surface area contributed by atoms with Crippen LogP contribution in [0.5, 0.6) is 5.75 Å². The maximum atomic E-state index is 11.6. The predicted octanol–water partition coefficient (Wildman–Crippen LogP) is 1.67. The Morgan fingerprint density at radius 1 is 1.44 bits per heavy atom. The Morgan fingerprint density at radius 3 is 2.94 bits per heavy atom. The van der Waals surface area contributed by atoms with Crippen LogP contribution in [0.1, 0.15) is 18.9 Å². The lowest BCUT2D eigenvalue weighted by atomic mass is 10.1. The van der Waals surface area contributed by atoms with E-state index in [0.717, 1.165) is 30.8 Å². The topological polar surface area (TPSA) is 75.6 Å². The molecule has 0 radical (unpaired) electrons. The van der Waals surface area contributed by atoms with E-state index in [9.17, 15) is 9.59 Å². The lowest BCUT2D eigenvalue weighted by Crippen LogP contribution is -2.27. The Bertz CT molecular complexity index is 484. The first-order chi connectivity index (χ1) is 8.58. The SMILES string of the molecule is CC(C(=O)O)C(=O)Nc1ccc2c(c1)CCCO2. The van der Waals surface area contributed by atoms with E-state index in [2.05, 4.69) is 5.32 Å². The third kappa shape index (κ3) is 2.61. The second kappa shape index (κ2) is 5.08. The Morgan fingerprint density at radius 2 is 2.22 bits per heavy atom. The van der Waals surface area contributed by atoms with Gasteiger partial charge in [-0.1, -0.05) is 0 Å². The number of carbonyl (C=O) groups excluding carboxylic acids is 1. The van der Waals surface area contributed by atoms with Gasteiger partial charge < -0.3 is 15.2 Å². The van der Waals surface area contributed by atoms with Gasteiger partial charge in [0.25, 0.3) is 0 Å². The number of nitrogens with one attached hydrogen (secondary N) is 1. The second-order valence-electron chi connectivity index (χ2n) is 4.32. The molecule has 1 aliphatic heterocycles. The molecule has 0 fully saturated rings. The van der Waals surface area contributed by atoms with Crippen LogP contribution in [0.4, 0.5) is 5.69 Å². The van der Waals surface area contributed by atoms with E-state index in [1.165, 1.54) is 6.92 Å². The number of aryl methyl sites for hydroxylation is 1. The maximum absolute atomic E-state index is 11.6. The van der Waals surface area contributed by atoms with Crippen LogP contribution in [0.3, 0.4) is 0 Å². The minimum Gasteiger partial charge on any atom is -0.493 e. The van der Waals surface area contributed by atoms with Crippen molar-refractivity contribution in [2.24, 2.45) is 5.92 Å². The summed E-state index contributed by atoms with van der Waals surface area (Å²) in [5.74, 6) is -1.87. The summed E-state index contributed by atoms with van der Waals surface area (Å²) < 4.78 is 5.46. The number of amides is 1. The number of anilines is 1. The number of rotatable bonds is 3. The normalized spacial score (nSPS) is 15.2. The van der Waals surface area contributed by atoms with Crippen LogP contribution in [-0.4, -0.2) is 23.6 Å². The van der Waals surface area contributed by atoms with Gasteiger partial charge in [0.2, 0.25) is 5.91 Å². The Kier molecular flexibility index (Phi) is 3.50. The zero-order chi connectivity index (χ0) is 13.1. The molecular formula is C13H15NO4. The van der Waals surface area contributed by atoms with E-state index >= 15 is 0 Å². The minimum atomic E-state index is -1.13. The van der Waals surface area contributed by atoms with Gasteiger partial charge in [-0.2, -0.15) is 0 Å². The largest absolute Gasteiger partial charge is 0.493 e. The summed E-state index contributed by atoms with van der Waals surface area (Å²) in [6.07, 6.45) is 1.86. The number of fused-ring (bicyclic) bond motifs is 1. The van der Waals surface area contributed by atoms with Crippen LogP contribution in [0, 0.1) is 5.92 Å². The molecule has 1 aromatic rings. The van der Waals surface area contributed by atoms with Crippen molar-refractivity contribution < 1.29 is 19.4 Å². The number of benzene rings is 1. The smallest absolute Gasteiger partial charge is 0.315 e. The lowest BCUT2D eigenvalue weighted by molar-refractivity contribution is -0.144. The summed E-state index contributed by atoms with van der Waals surface area (Å²) in [5, 5.41) is 11.3. The fourth-order valence-electron chi connectivity index (χ4n) is 1.80. The van der Waals surface area contributed by atoms with Crippen LogP contribution >= 0.6 is 0 Å². The number of ether oxygens (including phenoxy) is 1. The number of aliphatic carboxylic acids is 1. The van der Waals surface area contributed by atoms with Gasteiger partial charge in [-0.25, -0.2) is 0 Å². The van der Waals surface area contributed by atoms with Gasteiger partial charge in [-0.05, 0) is 43.5 Å². The van der Waals surface area contributed by atoms with E-state index in [0.29, 0.717) is 5.69 Å². The fraction of sp³-hybridized carbons (Fsp3) is 0.385. The fourth-order valence-corrected chi connectivity index (χ4v) is 1.80. The number of carboxylic acid groups (broad SMARTS) is 1. The van der Waals surface area contributed by atoms with E-state index in [-0.39, 0.29) is 0 Å². The van der Waals surface area contributed by atoms with Gasteiger partial charge in [-0.15, -0.1) is 0 Å². The van der Waals surface area contributed by atoms with Crippen LogP contribution in [0.2, 0.25) is 0 Å². The summed E-state index contributed by atoms with van der Waals surface area (Å²) in [5.41, 5.74) is 1.65. The van der Waals surface area contributed by atoms with Gasteiger partial charge in [0, 0.05) is 5.69 Å². The minimum absolute atomic E-state index is 0.515. The Balaban J connectivity index is 2.10. The number of hydrogen-bond acceptors (Lipinski definition) is 3. The molecule has 18 heavy (non-hydrogen) atoms. The molecule has 5 heteroatoms. The van der Waals surface area contributed by atoms with E-state index < -0.39 is 17.8 Å². The quantitative estimate of drug-likeness (QED) is 0.799. The van der Waals surface area contributed by atoms with Crippen molar-refractivity contribution in [1.29, 1.82) is 0 Å². The average Bonchev–Trinajstić information content (AvgIpc) is 2.37. The molecule has 5 nitrogen and oxygen atoms in total. The van der Waals surface area contributed by atoms with Crippen molar-refractivity contribution in [2.75, 3.05) is 11.9 Å². The molecule has 2 N–H and O–H groups in total. The molecule has 0 spiro atoms. The second-order valence-corrected chi connectivity index (χ2v) is 4.32. The van der Waals surface area contributed by atoms with Crippen molar-refractivity contribution in [3.8, 4) is 5.75 Å². The third-order valence-electron chi connectivity index (χ3n) is 2.94. The molecule has 96 valence electrons. The van der Waals surface area contributed by atoms with Gasteiger partial charge in [-0.3, -0.25) is 9.59 Å². The standard InChI is InChI=1S/C13H15NO4/c1-8(13(16)17)12(15)14-10-4-5-11-9(7-10)3-2-6-18-11/h4-5,7-8H,2-3,6H2,1H3,(H,14,15)(H,16,17). The molecule has 1 amide bonds. The molecule has 1 atom stereocenters. The highest BCUT2D eigenvalue weighted by Crippen LogP contribution is 2.27. The Labute approximate surface area is 105 Å². The van der Waals surface area contributed by atoms with Crippen LogP contribution < -0.4 is 10.1 Å². The van der Waals surface area contributed by atoms with Crippen LogP contribution in [0.25, 0.3) is 0 Å². The zero-order valence-electron chi connectivity index (χ0n) is 10.1. The van der Waals surface area contributed by atoms with Crippen molar-refractivity contribution >= 4 is 17.6 Å². The first-order valence-corrected chi connectivity index (χ1v) is 5.87. The molecule has 2 rings (SSSR count). The summed E-state index contributed by atoms with van der Waals surface area (Å²) in [7, 11) is 0. The molecule has 0 saturated heterocycles. The molecule has 1 heterocycles. The maximum Gasteiger partial charge on any atom is 0.315 e. The zero-order valence-corrected chi connectivity index (χ0v) is 10.1. The first-order valence-electron chi connectivity index (χ1n) is 5.87. The van der Waals surface area contributed by atoms with Crippen molar-refractivity contribution in [2.45, 2.75) is 19.8 Å². The number of hydrogen-bond donors (Lipinski definition) is 2. The molecule has 1 aromatic carbocycles. The van der Waals surface area contributed by atoms with Gasteiger partial charge >= 0.3 is 5.97 Å². The average molecular weight is 249 g/mol. The molecule has 1 aliphatic rings. The molecule has 0 bridgehead atoms. The molecular weight excluding hydrogens is 234 g/mol. The highest BCUT2D eigenvalue weighted by atomic mass is 16.5. The summed E-state index contributed by atoms with van der Waals surface area (Å²) in [6, 6.07) is 5.35. The number of carboxylic acids is 1. The van der Waals surface area contributed by atoms with Crippen LogP contribution in [-0.2, 0) is 16.0 Å². The molecule has 0 saturated carbocycles. The Hall–Kier alpha value is -2.04. The highest BCUT2D eigenvalue weighted by molar-refractivity contribution is 6.03. The lowest BCUT2D eigenvalue weighted by Gasteiger charge is -2.18. The van der Waals surface area contributed by atoms with E-state index in [1.807, 2.05) is 6.07 Å². The van der Waals surface area contributed by atoms with Gasteiger partial charge in [0.1, 0.15) is 11.7 Å². The summed E-state index contributed by atoms with van der Waals surface area (Å²) >= 11 is 0. The van der Waals surface area contributed by atoms with Crippen molar-refractivity contribution in [3.05, 3.63) is 23.8 Å². The molecule has 0 aromatic heterocycles. The predicted molar refractivity (Wildman–Crippen MR) is 65.7 cm³/mol.